The maximum atomic E-state index is 12.2. The SMILES string of the molecule is CC=CC1CCC(CCC2COC(C3CCC(CCC=C(F)F)CC3)OC2)CC1. The normalized spacial score (nSPS) is 36.2. The summed E-state index contributed by atoms with van der Waals surface area (Å²) in [4.78, 5) is 0. The highest BCUT2D eigenvalue weighted by molar-refractivity contribution is 4.89. The zero-order valence-corrected chi connectivity index (χ0v) is 18.2. The largest absolute Gasteiger partial charge is 0.352 e. The molecule has 0 unspecified atom stereocenters. The summed E-state index contributed by atoms with van der Waals surface area (Å²) in [6.45, 7) is 3.82. The molecule has 2 nitrogen and oxygen atoms in total. The van der Waals surface area contributed by atoms with E-state index in [2.05, 4.69) is 19.1 Å². The van der Waals surface area contributed by atoms with Crippen molar-refractivity contribution < 1.29 is 18.3 Å². The van der Waals surface area contributed by atoms with E-state index in [1.807, 2.05) is 0 Å². The van der Waals surface area contributed by atoms with Crippen LogP contribution in [0.1, 0.15) is 84.0 Å². The third-order valence-electron chi connectivity index (χ3n) is 7.48. The predicted octanol–water partition coefficient (Wildman–Crippen LogP) is 7.51. The van der Waals surface area contributed by atoms with Gasteiger partial charge in [0.25, 0.3) is 6.08 Å². The zero-order valence-electron chi connectivity index (χ0n) is 18.2. The molecule has 2 aliphatic carbocycles. The maximum absolute atomic E-state index is 12.2. The van der Waals surface area contributed by atoms with E-state index in [9.17, 15) is 8.78 Å². The Kier molecular flexibility index (Phi) is 9.65. The molecule has 1 aliphatic heterocycles. The fourth-order valence-corrected chi connectivity index (χ4v) is 5.59. The molecule has 0 atom stereocenters. The average molecular weight is 411 g/mol. The molecule has 3 aliphatic rings. The molecular weight excluding hydrogens is 370 g/mol. The van der Waals surface area contributed by atoms with Crippen LogP contribution in [0, 0.1) is 29.6 Å². The van der Waals surface area contributed by atoms with Crippen LogP contribution < -0.4 is 0 Å². The van der Waals surface area contributed by atoms with Crippen molar-refractivity contribution in [3.05, 3.63) is 24.3 Å². The maximum Gasteiger partial charge on any atom is 0.266 e. The molecule has 2 saturated carbocycles. The third-order valence-corrected chi connectivity index (χ3v) is 7.48. The second-order valence-electron chi connectivity index (χ2n) is 9.64. The summed E-state index contributed by atoms with van der Waals surface area (Å²) in [6, 6.07) is 0. The lowest BCUT2D eigenvalue weighted by molar-refractivity contribution is -0.230. The lowest BCUT2D eigenvalue weighted by atomic mass is 9.78. The third kappa shape index (κ3) is 7.79. The summed E-state index contributed by atoms with van der Waals surface area (Å²) in [5.41, 5.74) is 0. The number of rotatable bonds is 8. The van der Waals surface area contributed by atoms with E-state index in [0.717, 1.165) is 63.2 Å². The molecule has 0 spiro atoms. The number of allylic oxidation sites excluding steroid dienone is 3. The van der Waals surface area contributed by atoms with Gasteiger partial charge in [0.1, 0.15) is 0 Å². The lowest BCUT2D eigenvalue weighted by Gasteiger charge is -2.38. The second kappa shape index (κ2) is 12.2. The van der Waals surface area contributed by atoms with Gasteiger partial charge in [0.05, 0.1) is 13.2 Å². The number of halogens is 2. The molecule has 0 bridgehead atoms. The zero-order chi connectivity index (χ0) is 20.5. The van der Waals surface area contributed by atoms with Gasteiger partial charge in [-0.3, -0.25) is 0 Å². The summed E-state index contributed by atoms with van der Waals surface area (Å²) < 4.78 is 36.6. The van der Waals surface area contributed by atoms with Crippen molar-refractivity contribution in [2.75, 3.05) is 13.2 Å². The molecule has 3 fully saturated rings. The van der Waals surface area contributed by atoms with Gasteiger partial charge in [0.15, 0.2) is 6.29 Å². The monoisotopic (exact) mass is 410 g/mol. The molecule has 166 valence electrons. The van der Waals surface area contributed by atoms with Gasteiger partial charge < -0.3 is 9.47 Å². The second-order valence-corrected chi connectivity index (χ2v) is 9.64. The van der Waals surface area contributed by atoms with Crippen LogP contribution in [-0.4, -0.2) is 19.5 Å². The van der Waals surface area contributed by atoms with E-state index >= 15 is 0 Å². The fourth-order valence-electron chi connectivity index (χ4n) is 5.59. The molecule has 1 heterocycles. The molecular formula is C25H40F2O2. The first kappa shape index (κ1) is 22.9. The lowest BCUT2D eigenvalue weighted by Crippen LogP contribution is -2.38. The predicted molar refractivity (Wildman–Crippen MR) is 114 cm³/mol. The quantitative estimate of drug-likeness (QED) is 0.386. The highest BCUT2D eigenvalue weighted by Gasteiger charge is 2.32. The van der Waals surface area contributed by atoms with Gasteiger partial charge in [-0.1, -0.05) is 18.6 Å². The smallest absolute Gasteiger partial charge is 0.266 e. The van der Waals surface area contributed by atoms with Crippen LogP contribution in [0.5, 0.6) is 0 Å². The molecule has 4 heteroatoms. The molecule has 0 aromatic carbocycles. The van der Waals surface area contributed by atoms with Crippen molar-refractivity contribution in [2.24, 2.45) is 29.6 Å². The van der Waals surface area contributed by atoms with Gasteiger partial charge in [-0.05, 0) is 101 Å². The van der Waals surface area contributed by atoms with Gasteiger partial charge >= 0.3 is 0 Å². The molecule has 3 rings (SSSR count). The van der Waals surface area contributed by atoms with Crippen molar-refractivity contribution in [3.8, 4) is 0 Å². The van der Waals surface area contributed by atoms with E-state index in [-0.39, 0.29) is 6.29 Å². The first-order valence-electron chi connectivity index (χ1n) is 12.0. The highest BCUT2D eigenvalue weighted by Crippen LogP contribution is 2.37. The van der Waals surface area contributed by atoms with Crippen molar-refractivity contribution in [3.63, 3.8) is 0 Å². The van der Waals surface area contributed by atoms with Gasteiger partial charge in [-0.25, -0.2) is 0 Å². The van der Waals surface area contributed by atoms with Gasteiger partial charge in [-0.15, -0.1) is 0 Å². The van der Waals surface area contributed by atoms with Gasteiger partial charge in [-0.2, -0.15) is 8.78 Å². The van der Waals surface area contributed by atoms with Crippen molar-refractivity contribution in [1.82, 2.24) is 0 Å². The molecule has 29 heavy (non-hydrogen) atoms. The molecule has 0 N–H and O–H groups in total. The Bertz CT molecular complexity index is 505. The first-order chi connectivity index (χ1) is 14.1. The van der Waals surface area contributed by atoms with Crippen LogP contribution in [-0.2, 0) is 9.47 Å². The van der Waals surface area contributed by atoms with E-state index < -0.39 is 6.08 Å². The molecule has 1 saturated heterocycles. The van der Waals surface area contributed by atoms with Crippen LogP contribution in [0.15, 0.2) is 24.3 Å². The van der Waals surface area contributed by atoms with Crippen molar-refractivity contribution in [2.45, 2.75) is 90.3 Å². The number of ether oxygens (including phenoxy) is 2. The standard InChI is InChI=1S/C25H40F2O2/c1-2-4-19-7-9-21(10-8-19)11-12-22-17-28-25(29-18-22)23-15-13-20(14-16-23)5-3-6-24(26)27/h2,4,6,19-23,25H,3,5,7-18H2,1H3. The van der Waals surface area contributed by atoms with Crippen molar-refractivity contribution >= 4 is 0 Å². The fraction of sp³-hybridized carbons (Fsp3) is 0.840. The summed E-state index contributed by atoms with van der Waals surface area (Å²) in [7, 11) is 0. The van der Waals surface area contributed by atoms with Crippen molar-refractivity contribution in [1.29, 1.82) is 0 Å². The number of hydrogen-bond acceptors (Lipinski definition) is 2. The summed E-state index contributed by atoms with van der Waals surface area (Å²) in [5.74, 6) is 3.34. The summed E-state index contributed by atoms with van der Waals surface area (Å²) in [5, 5.41) is 0. The van der Waals surface area contributed by atoms with Crippen LogP contribution in [0.3, 0.4) is 0 Å². The molecule has 0 amide bonds. The van der Waals surface area contributed by atoms with Gasteiger partial charge in [0, 0.05) is 11.8 Å². The topological polar surface area (TPSA) is 18.5 Å². The van der Waals surface area contributed by atoms with Crippen LogP contribution >= 0.6 is 0 Å². The first-order valence-corrected chi connectivity index (χ1v) is 12.0. The molecule has 0 radical (unpaired) electrons. The molecule has 0 aromatic rings. The highest BCUT2D eigenvalue weighted by atomic mass is 19.3. The van der Waals surface area contributed by atoms with Crippen LogP contribution in [0.2, 0.25) is 0 Å². The Morgan fingerprint density at radius 2 is 1.38 bits per heavy atom. The van der Waals surface area contributed by atoms with E-state index in [0.29, 0.717) is 24.2 Å². The minimum atomic E-state index is -1.54. The Labute approximate surface area is 176 Å². The average Bonchev–Trinajstić information content (AvgIpc) is 2.74. The molecule has 0 aromatic heterocycles. The summed E-state index contributed by atoms with van der Waals surface area (Å²) >= 11 is 0. The minimum absolute atomic E-state index is 0.0355. The van der Waals surface area contributed by atoms with E-state index in [1.165, 1.54) is 38.5 Å². The summed E-state index contributed by atoms with van der Waals surface area (Å²) in [6.07, 6.45) is 17.9. The van der Waals surface area contributed by atoms with Gasteiger partial charge in [0.2, 0.25) is 0 Å². The van der Waals surface area contributed by atoms with Crippen LogP contribution in [0.25, 0.3) is 0 Å². The Hall–Kier alpha value is -0.740. The Morgan fingerprint density at radius 1 is 0.793 bits per heavy atom. The van der Waals surface area contributed by atoms with Crippen LogP contribution in [0.4, 0.5) is 8.78 Å². The Balaban J connectivity index is 1.27. The van der Waals surface area contributed by atoms with E-state index in [1.54, 1.807) is 0 Å². The Morgan fingerprint density at radius 3 is 2.00 bits per heavy atom. The van der Waals surface area contributed by atoms with E-state index in [4.69, 9.17) is 9.47 Å². The minimum Gasteiger partial charge on any atom is -0.352 e. The number of hydrogen-bond donors (Lipinski definition) is 0.